The first-order chi connectivity index (χ1) is 12.0. The third kappa shape index (κ3) is 2.08. The highest BCUT2D eigenvalue weighted by atomic mass is 16.3. The third-order valence-corrected chi connectivity index (χ3v) is 8.59. The van der Waals surface area contributed by atoms with Gasteiger partial charge in [0.05, 0.1) is 12.2 Å². The summed E-state index contributed by atoms with van der Waals surface area (Å²) < 4.78 is 0. The zero-order valence-corrected chi connectivity index (χ0v) is 15.9. The molecule has 144 valence electrons. The fraction of sp³-hybridized carbons (Fsp3) is 0.810. The molecule has 8 atom stereocenters. The van der Waals surface area contributed by atoms with E-state index in [1.54, 1.807) is 6.08 Å². The van der Waals surface area contributed by atoms with Crippen LogP contribution in [0.15, 0.2) is 11.6 Å². The van der Waals surface area contributed by atoms with Crippen LogP contribution in [-0.2, 0) is 9.59 Å². The Labute approximate surface area is 154 Å². The highest BCUT2D eigenvalue weighted by Crippen LogP contribution is 2.67. The molecular weight excluding hydrogens is 332 g/mol. The number of hydrogen-bond acceptors (Lipinski definition) is 5. The minimum atomic E-state index is -1.58. The molecule has 0 amide bonds. The van der Waals surface area contributed by atoms with E-state index in [4.69, 9.17) is 0 Å². The van der Waals surface area contributed by atoms with Gasteiger partial charge in [0.2, 0.25) is 0 Å². The fourth-order valence-corrected chi connectivity index (χ4v) is 7.33. The maximum atomic E-state index is 12.3. The van der Waals surface area contributed by atoms with E-state index in [1.807, 2.05) is 6.92 Å². The van der Waals surface area contributed by atoms with E-state index in [9.17, 15) is 24.9 Å². The van der Waals surface area contributed by atoms with Gasteiger partial charge in [-0.2, -0.15) is 0 Å². The summed E-state index contributed by atoms with van der Waals surface area (Å²) in [5.74, 6) is -0.364. The van der Waals surface area contributed by atoms with Gasteiger partial charge >= 0.3 is 0 Å². The van der Waals surface area contributed by atoms with E-state index in [-0.39, 0.29) is 41.2 Å². The standard InChI is InChI=1S/C21H30O5/c1-11(22)21(26)10-16(25)18-14-5-4-12-8-13(23)6-7-19(12,2)17(14)15(24)9-20(18,21)3/h8,14-18,24-26H,4-7,9-10H2,1-3H3/t14-,15-,16-,17-,18-,19+,20+,21+/m1/s1. The second kappa shape index (κ2) is 5.49. The van der Waals surface area contributed by atoms with Gasteiger partial charge in [-0.1, -0.05) is 19.4 Å². The van der Waals surface area contributed by atoms with Gasteiger partial charge in [-0.25, -0.2) is 0 Å². The van der Waals surface area contributed by atoms with Gasteiger partial charge in [-0.3, -0.25) is 9.59 Å². The summed E-state index contributed by atoms with van der Waals surface area (Å²) in [6.07, 6.45) is 3.53. The lowest BCUT2D eigenvalue weighted by Gasteiger charge is -2.60. The molecule has 0 aliphatic heterocycles. The van der Waals surface area contributed by atoms with E-state index in [2.05, 4.69) is 6.92 Å². The second-order valence-corrected chi connectivity index (χ2v) is 9.68. The van der Waals surface area contributed by atoms with E-state index >= 15 is 0 Å². The van der Waals surface area contributed by atoms with Gasteiger partial charge in [0.1, 0.15) is 5.60 Å². The van der Waals surface area contributed by atoms with Crippen molar-refractivity contribution < 1.29 is 24.9 Å². The van der Waals surface area contributed by atoms with Crippen molar-refractivity contribution in [1.82, 2.24) is 0 Å². The number of ketones is 2. The third-order valence-electron chi connectivity index (χ3n) is 8.59. The predicted octanol–water partition coefficient (Wildman–Crippen LogP) is 1.78. The normalized spacial score (nSPS) is 53.4. The summed E-state index contributed by atoms with van der Waals surface area (Å²) in [6, 6.07) is 0. The monoisotopic (exact) mass is 362 g/mol. The Morgan fingerprint density at radius 3 is 2.42 bits per heavy atom. The molecule has 0 unspecified atom stereocenters. The molecule has 3 saturated carbocycles. The van der Waals surface area contributed by atoms with Crippen molar-refractivity contribution in [2.45, 2.75) is 77.1 Å². The van der Waals surface area contributed by atoms with Crippen molar-refractivity contribution in [3.05, 3.63) is 11.6 Å². The molecule has 4 aliphatic carbocycles. The lowest BCUT2D eigenvalue weighted by Crippen LogP contribution is -2.62. The Morgan fingerprint density at radius 2 is 1.77 bits per heavy atom. The number of aliphatic hydroxyl groups excluding tert-OH is 2. The van der Waals surface area contributed by atoms with Crippen LogP contribution in [0, 0.1) is 28.6 Å². The zero-order valence-electron chi connectivity index (χ0n) is 15.9. The summed E-state index contributed by atoms with van der Waals surface area (Å²) in [5, 5.41) is 33.2. The predicted molar refractivity (Wildman–Crippen MR) is 95.1 cm³/mol. The zero-order chi connectivity index (χ0) is 19.1. The van der Waals surface area contributed by atoms with Crippen molar-refractivity contribution in [1.29, 1.82) is 0 Å². The highest BCUT2D eigenvalue weighted by Gasteiger charge is 2.70. The molecule has 0 bridgehead atoms. The molecule has 26 heavy (non-hydrogen) atoms. The molecule has 5 nitrogen and oxygen atoms in total. The molecule has 0 radical (unpaired) electrons. The summed E-state index contributed by atoms with van der Waals surface area (Å²) in [4.78, 5) is 24.2. The molecule has 5 heteroatoms. The topological polar surface area (TPSA) is 94.8 Å². The molecule has 3 N–H and O–H groups in total. The highest BCUT2D eigenvalue weighted by molar-refractivity contribution is 5.91. The largest absolute Gasteiger partial charge is 0.393 e. The summed E-state index contributed by atoms with van der Waals surface area (Å²) in [7, 11) is 0. The molecule has 0 aromatic heterocycles. The molecule has 0 aromatic rings. The first-order valence-electron chi connectivity index (χ1n) is 9.88. The average Bonchev–Trinajstić information content (AvgIpc) is 2.74. The van der Waals surface area contributed by atoms with Crippen LogP contribution >= 0.6 is 0 Å². The number of carbonyl (C=O) groups is 2. The number of allylic oxidation sites excluding steroid dienone is 1. The van der Waals surface area contributed by atoms with E-state index in [0.717, 1.165) is 24.8 Å². The van der Waals surface area contributed by atoms with Crippen LogP contribution in [0.1, 0.15) is 59.3 Å². The quantitative estimate of drug-likeness (QED) is 0.661. The average molecular weight is 362 g/mol. The van der Waals surface area contributed by atoms with Crippen LogP contribution < -0.4 is 0 Å². The molecule has 3 fully saturated rings. The minimum Gasteiger partial charge on any atom is -0.393 e. The van der Waals surface area contributed by atoms with Crippen molar-refractivity contribution >= 4 is 11.6 Å². The first-order valence-corrected chi connectivity index (χ1v) is 9.88. The second-order valence-electron chi connectivity index (χ2n) is 9.68. The Morgan fingerprint density at radius 1 is 1.12 bits per heavy atom. The molecule has 0 heterocycles. The maximum Gasteiger partial charge on any atom is 0.161 e. The fourth-order valence-electron chi connectivity index (χ4n) is 7.33. The molecule has 4 rings (SSSR count). The van der Waals surface area contributed by atoms with Crippen LogP contribution in [0.4, 0.5) is 0 Å². The molecule has 4 aliphatic rings. The first kappa shape index (κ1) is 18.3. The minimum absolute atomic E-state index is 0.0439. The van der Waals surface area contributed by atoms with Gasteiger partial charge in [0, 0.05) is 18.3 Å². The molecule has 0 spiro atoms. The van der Waals surface area contributed by atoms with E-state index in [1.165, 1.54) is 6.92 Å². The van der Waals surface area contributed by atoms with Gasteiger partial charge in [0.25, 0.3) is 0 Å². The number of fused-ring (bicyclic) bond motifs is 5. The van der Waals surface area contributed by atoms with Crippen molar-refractivity contribution in [2.24, 2.45) is 28.6 Å². The Balaban J connectivity index is 1.79. The van der Waals surface area contributed by atoms with Gasteiger partial charge < -0.3 is 15.3 Å². The van der Waals surface area contributed by atoms with Gasteiger partial charge in [0.15, 0.2) is 11.6 Å². The Hall–Kier alpha value is -1.04. The number of rotatable bonds is 1. The van der Waals surface area contributed by atoms with Gasteiger partial charge in [-0.05, 0) is 61.9 Å². The number of carbonyl (C=O) groups excluding carboxylic acids is 2. The van der Waals surface area contributed by atoms with Crippen LogP contribution in [-0.4, -0.2) is 44.7 Å². The summed E-state index contributed by atoms with van der Waals surface area (Å²) in [5.41, 5.74) is -1.51. The Kier molecular flexibility index (Phi) is 3.87. The van der Waals surface area contributed by atoms with Gasteiger partial charge in [-0.15, -0.1) is 0 Å². The summed E-state index contributed by atoms with van der Waals surface area (Å²) in [6.45, 7) is 5.40. The van der Waals surface area contributed by atoms with Crippen LogP contribution in [0.5, 0.6) is 0 Å². The number of hydrogen-bond donors (Lipinski definition) is 3. The molecule has 0 saturated heterocycles. The van der Waals surface area contributed by atoms with E-state index in [0.29, 0.717) is 12.8 Å². The van der Waals surface area contributed by atoms with Crippen LogP contribution in [0.3, 0.4) is 0 Å². The number of Topliss-reactive ketones (excluding diaryl/α,β-unsaturated/α-hetero) is 1. The SMILES string of the molecule is CC(=O)[C@@]1(O)C[C@@H](O)[C@H]2[C@@H]3CCC4=CC(=O)CC[C@]4(C)[C@H]3[C@H](O)C[C@@]21C. The lowest BCUT2D eigenvalue weighted by atomic mass is 9.45. The molecular formula is C21H30O5. The van der Waals surface area contributed by atoms with Crippen molar-refractivity contribution in [2.75, 3.05) is 0 Å². The van der Waals surface area contributed by atoms with E-state index < -0.39 is 23.2 Å². The number of aliphatic hydroxyl groups is 3. The molecule has 0 aromatic carbocycles. The maximum absolute atomic E-state index is 12.3. The van der Waals surface area contributed by atoms with Crippen molar-refractivity contribution in [3.8, 4) is 0 Å². The summed E-state index contributed by atoms with van der Waals surface area (Å²) >= 11 is 0. The lowest BCUT2D eigenvalue weighted by molar-refractivity contribution is -0.182. The van der Waals surface area contributed by atoms with Crippen molar-refractivity contribution in [3.63, 3.8) is 0 Å². The smallest absolute Gasteiger partial charge is 0.161 e. The van der Waals surface area contributed by atoms with Crippen LogP contribution in [0.2, 0.25) is 0 Å². The van der Waals surface area contributed by atoms with Crippen LogP contribution in [0.25, 0.3) is 0 Å². The Bertz CT molecular complexity index is 699.